The van der Waals surface area contributed by atoms with Gasteiger partial charge in [0.05, 0.1) is 18.6 Å². The van der Waals surface area contributed by atoms with Crippen molar-refractivity contribution in [2.75, 3.05) is 18.5 Å². The van der Waals surface area contributed by atoms with E-state index in [2.05, 4.69) is 45.4 Å². The van der Waals surface area contributed by atoms with Crippen molar-refractivity contribution in [2.24, 2.45) is 0 Å². The number of carbonyl (C=O) groups is 1. The van der Waals surface area contributed by atoms with Gasteiger partial charge in [0, 0.05) is 18.2 Å². The Morgan fingerprint density at radius 1 is 1.03 bits per heavy atom. The minimum Gasteiger partial charge on any atom is -0.494 e. The maximum Gasteiger partial charge on any atom is 0.305 e. The Hall–Kier alpha value is -3.87. The largest absolute Gasteiger partial charge is 0.494 e. The number of aromatic amines is 1. The Morgan fingerprint density at radius 2 is 1.83 bits per heavy atom. The van der Waals surface area contributed by atoms with Crippen molar-refractivity contribution in [3.63, 3.8) is 0 Å². The highest BCUT2D eigenvalue weighted by atomic mass is 16.5. The van der Waals surface area contributed by atoms with Crippen LogP contribution in [-0.2, 0) is 9.53 Å². The molecule has 0 radical (unpaired) electrons. The zero-order valence-electron chi connectivity index (χ0n) is 20.3. The number of nitrogens with one attached hydrogen (secondary N) is 2. The molecular weight excluding hydrogens is 440 g/mol. The Balaban J connectivity index is 1.34. The molecule has 0 aliphatic carbocycles. The van der Waals surface area contributed by atoms with Gasteiger partial charge in [0.15, 0.2) is 0 Å². The maximum atomic E-state index is 11.4. The third kappa shape index (κ3) is 6.59. The van der Waals surface area contributed by atoms with Gasteiger partial charge in [-0.2, -0.15) is 0 Å². The first-order valence-corrected chi connectivity index (χ1v) is 12.2. The first-order valence-electron chi connectivity index (χ1n) is 12.2. The molecule has 1 atom stereocenters. The van der Waals surface area contributed by atoms with Crippen LogP contribution in [0.3, 0.4) is 0 Å². The van der Waals surface area contributed by atoms with E-state index in [-0.39, 0.29) is 12.0 Å². The molecule has 2 aromatic heterocycles. The summed E-state index contributed by atoms with van der Waals surface area (Å²) >= 11 is 0. The molecule has 0 amide bonds. The van der Waals surface area contributed by atoms with Crippen molar-refractivity contribution in [1.29, 1.82) is 0 Å². The monoisotopic (exact) mass is 472 g/mol. The molecule has 7 nitrogen and oxygen atoms in total. The molecule has 182 valence electrons. The first-order chi connectivity index (χ1) is 17.1. The predicted octanol–water partition coefficient (Wildman–Crippen LogP) is 6.30. The lowest BCUT2D eigenvalue weighted by Gasteiger charge is -2.15. The van der Waals surface area contributed by atoms with E-state index < -0.39 is 0 Å². The molecule has 0 aliphatic heterocycles. The standard InChI is InChI=1S/C28H32N4O3/c1-3-34-26(33)12-8-5-9-17-35-23-15-13-22(14-16-23)25-18-24-27(29-19-30-28(24)32-25)31-20(2)21-10-6-4-7-11-21/h4,6-7,10-11,13-16,18-20H,3,5,8-9,12,17H2,1-2H3,(H2,29,30,31,32). The van der Waals surface area contributed by atoms with Crippen LogP contribution in [0.5, 0.6) is 5.75 Å². The third-order valence-electron chi connectivity index (χ3n) is 5.84. The van der Waals surface area contributed by atoms with Gasteiger partial charge in [-0.25, -0.2) is 9.97 Å². The van der Waals surface area contributed by atoms with E-state index in [1.807, 2.05) is 49.4 Å². The number of nitrogens with zero attached hydrogens (tertiary/aromatic N) is 2. The van der Waals surface area contributed by atoms with Gasteiger partial charge < -0.3 is 19.8 Å². The second kappa shape index (κ2) is 12.0. The summed E-state index contributed by atoms with van der Waals surface area (Å²) in [5, 5.41) is 4.46. The summed E-state index contributed by atoms with van der Waals surface area (Å²) in [6, 6.07) is 20.5. The van der Waals surface area contributed by atoms with Crippen molar-refractivity contribution < 1.29 is 14.3 Å². The third-order valence-corrected chi connectivity index (χ3v) is 5.84. The number of H-pyrrole nitrogens is 1. The molecule has 2 N–H and O–H groups in total. The minimum atomic E-state index is -0.124. The summed E-state index contributed by atoms with van der Waals surface area (Å²) in [5.41, 5.74) is 4.01. The number of hydrogen-bond acceptors (Lipinski definition) is 6. The fourth-order valence-corrected chi connectivity index (χ4v) is 3.94. The number of rotatable bonds is 12. The van der Waals surface area contributed by atoms with Crippen molar-refractivity contribution in [2.45, 2.75) is 45.6 Å². The van der Waals surface area contributed by atoms with Crippen molar-refractivity contribution in [3.8, 4) is 17.0 Å². The van der Waals surface area contributed by atoms with Gasteiger partial charge in [0.1, 0.15) is 23.5 Å². The van der Waals surface area contributed by atoms with Gasteiger partial charge in [-0.3, -0.25) is 4.79 Å². The number of unbranched alkanes of at least 4 members (excludes halogenated alkanes) is 2. The molecule has 1 unspecified atom stereocenters. The fourth-order valence-electron chi connectivity index (χ4n) is 3.94. The number of hydrogen-bond donors (Lipinski definition) is 2. The van der Waals surface area contributed by atoms with Crippen LogP contribution < -0.4 is 10.1 Å². The number of anilines is 1. The van der Waals surface area contributed by atoms with Gasteiger partial charge >= 0.3 is 5.97 Å². The van der Waals surface area contributed by atoms with Gasteiger partial charge in [-0.15, -0.1) is 0 Å². The fraction of sp³-hybridized carbons (Fsp3) is 0.321. The molecule has 0 fully saturated rings. The average Bonchev–Trinajstić information content (AvgIpc) is 3.33. The number of esters is 1. The summed E-state index contributed by atoms with van der Waals surface area (Å²) in [6.45, 7) is 5.01. The Kier molecular flexibility index (Phi) is 8.33. The molecule has 7 heteroatoms. The second-order valence-electron chi connectivity index (χ2n) is 8.43. The molecule has 0 aliphatic rings. The summed E-state index contributed by atoms with van der Waals surface area (Å²) in [4.78, 5) is 23.7. The molecule has 0 spiro atoms. The average molecular weight is 473 g/mol. The highest BCUT2D eigenvalue weighted by Gasteiger charge is 2.12. The molecule has 4 aromatic rings. The van der Waals surface area contributed by atoms with Crippen molar-refractivity contribution in [1.82, 2.24) is 15.0 Å². The summed E-state index contributed by atoms with van der Waals surface area (Å²) in [7, 11) is 0. The van der Waals surface area contributed by atoms with E-state index in [0.717, 1.165) is 53.1 Å². The summed E-state index contributed by atoms with van der Waals surface area (Å²) in [6.07, 6.45) is 4.71. The van der Waals surface area contributed by atoms with Crippen molar-refractivity contribution >= 4 is 22.8 Å². The number of carbonyl (C=O) groups excluding carboxylic acids is 1. The number of aromatic nitrogens is 3. The Labute approximate surface area is 205 Å². The maximum absolute atomic E-state index is 11.4. The molecule has 4 rings (SSSR count). The zero-order chi connectivity index (χ0) is 24.5. The lowest BCUT2D eigenvalue weighted by Crippen LogP contribution is -2.08. The van der Waals surface area contributed by atoms with Crippen LogP contribution in [0.15, 0.2) is 67.0 Å². The molecule has 0 saturated carbocycles. The smallest absolute Gasteiger partial charge is 0.305 e. The van der Waals surface area contributed by atoms with E-state index in [0.29, 0.717) is 19.6 Å². The molecule has 35 heavy (non-hydrogen) atoms. The highest BCUT2D eigenvalue weighted by molar-refractivity contribution is 5.91. The lowest BCUT2D eigenvalue weighted by molar-refractivity contribution is -0.143. The number of fused-ring (bicyclic) bond motifs is 1. The minimum absolute atomic E-state index is 0.120. The van der Waals surface area contributed by atoms with Crippen LogP contribution in [0.1, 0.15) is 51.1 Å². The van der Waals surface area contributed by atoms with Gasteiger partial charge in [0.25, 0.3) is 0 Å². The Bertz CT molecular complexity index is 1220. The van der Waals surface area contributed by atoms with E-state index in [9.17, 15) is 4.79 Å². The van der Waals surface area contributed by atoms with Crippen molar-refractivity contribution in [3.05, 3.63) is 72.6 Å². The van der Waals surface area contributed by atoms with Gasteiger partial charge in [0.2, 0.25) is 0 Å². The molecule has 2 heterocycles. The first kappa shape index (κ1) is 24.3. The summed E-state index contributed by atoms with van der Waals surface area (Å²) in [5.74, 6) is 1.51. The van der Waals surface area contributed by atoms with Crippen LogP contribution in [0.2, 0.25) is 0 Å². The molecule has 0 saturated heterocycles. The van der Waals surface area contributed by atoms with E-state index in [1.54, 1.807) is 6.33 Å². The van der Waals surface area contributed by atoms with Crippen LogP contribution in [-0.4, -0.2) is 34.1 Å². The van der Waals surface area contributed by atoms with Gasteiger partial charge in [-0.05, 0) is 74.6 Å². The van der Waals surface area contributed by atoms with Crippen LogP contribution >= 0.6 is 0 Å². The van der Waals surface area contributed by atoms with Crippen LogP contribution in [0.25, 0.3) is 22.3 Å². The lowest BCUT2D eigenvalue weighted by atomic mass is 10.1. The predicted molar refractivity (Wildman–Crippen MR) is 138 cm³/mol. The normalized spacial score (nSPS) is 11.8. The molecule has 0 bridgehead atoms. The summed E-state index contributed by atoms with van der Waals surface area (Å²) < 4.78 is 10.8. The van der Waals surface area contributed by atoms with E-state index >= 15 is 0 Å². The molecule has 2 aromatic carbocycles. The van der Waals surface area contributed by atoms with Crippen LogP contribution in [0, 0.1) is 0 Å². The van der Waals surface area contributed by atoms with Crippen LogP contribution in [0.4, 0.5) is 5.82 Å². The highest BCUT2D eigenvalue weighted by Crippen LogP contribution is 2.29. The molecular formula is C28H32N4O3. The number of benzene rings is 2. The van der Waals surface area contributed by atoms with Gasteiger partial charge in [-0.1, -0.05) is 30.3 Å². The zero-order valence-corrected chi connectivity index (χ0v) is 20.3. The topological polar surface area (TPSA) is 89.1 Å². The number of ether oxygens (including phenoxy) is 2. The second-order valence-corrected chi connectivity index (χ2v) is 8.43. The van der Waals surface area contributed by atoms with E-state index in [4.69, 9.17) is 9.47 Å². The Morgan fingerprint density at radius 3 is 2.60 bits per heavy atom. The van der Waals surface area contributed by atoms with E-state index in [1.165, 1.54) is 5.56 Å². The SMILES string of the molecule is CCOC(=O)CCCCCOc1ccc(-c2cc3c(NC(C)c4ccccc4)ncnc3[nH]2)cc1. The quantitative estimate of drug-likeness (QED) is 0.186.